The number of aromatic nitrogens is 2. The number of nitro groups is 1. The summed E-state index contributed by atoms with van der Waals surface area (Å²) in [5.74, 6) is -0.0554. The van der Waals surface area contributed by atoms with Gasteiger partial charge in [-0.05, 0) is 18.2 Å². The Morgan fingerprint density at radius 2 is 2.00 bits per heavy atom. The van der Waals surface area contributed by atoms with E-state index in [-0.39, 0.29) is 17.2 Å². The smallest absolute Gasteiger partial charge is 0.300 e. The van der Waals surface area contributed by atoms with Crippen molar-refractivity contribution in [2.75, 3.05) is 5.75 Å². The number of Topliss-reactive ketones (excluding diaryl/α,β-unsaturated/α-hetero) is 1. The lowest BCUT2D eigenvalue weighted by molar-refractivity contribution is -0.384. The molecule has 0 bridgehead atoms. The standard InChI is InChI=1S/C12H9N3O4S/c16-10(7-20-11-5-6-13-12(17)14-11)8-1-3-9(4-2-8)15(18)19/h1-6H,7H2,(H,13,14,17). The summed E-state index contributed by atoms with van der Waals surface area (Å²) in [6, 6.07) is 6.99. The Bertz CT molecular complexity index is 696. The fourth-order valence-corrected chi connectivity index (χ4v) is 2.20. The fourth-order valence-electron chi connectivity index (χ4n) is 1.43. The van der Waals surface area contributed by atoms with Crippen molar-refractivity contribution in [1.29, 1.82) is 0 Å². The van der Waals surface area contributed by atoms with Crippen LogP contribution >= 0.6 is 11.8 Å². The lowest BCUT2D eigenvalue weighted by atomic mass is 10.1. The molecule has 102 valence electrons. The summed E-state index contributed by atoms with van der Waals surface area (Å²) in [7, 11) is 0. The van der Waals surface area contributed by atoms with E-state index in [9.17, 15) is 19.7 Å². The van der Waals surface area contributed by atoms with Crippen molar-refractivity contribution in [2.45, 2.75) is 5.03 Å². The molecule has 0 unspecified atom stereocenters. The van der Waals surface area contributed by atoms with Crippen LogP contribution in [-0.4, -0.2) is 26.4 Å². The van der Waals surface area contributed by atoms with E-state index in [0.717, 1.165) is 0 Å². The van der Waals surface area contributed by atoms with Crippen LogP contribution in [0, 0.1) is 10.1 Å². The number of non-ortho nitro benzene ring substituents is 1. The SMILES string of the molecule is O=C(CSc1ccnc(=O)[nH]1)c1ccc([N+](=O)[O-])cc1. The number of hydrogen-bond donors (Lipinski definition) is 1. The van der Waals surface area contributed by atoms with Gasteiger partial charge in [0.2, 0.25) is 0 Å². The normalized spacial score (nSPS) is 10.2. The van der Waals surface area contributed by atoms with Crippen LogP contribution in [0.15, 0.2) is 46.3 Å². The van der Waals surface area contributed by atoms with Gasteiger partial charge in [-0.25, -0.2) is 9.78 Å². The van der Waals surface area contributed by atoms with Gasteiger partial charge in [-0.15, -0.1) is 11.8 Å². The van der Waals surface area contributed by atoms with Crippen LogP contribution in [0.2, 0.25) is 0 Å². The average Bonchev–Trinajstić information content (AvgIpc) is 2.45. The summed E-state index contributed by atoms with van der Waals surface area (Å²) in [5.41, 5.74) is -0.148. The van der Waals surface area contributed by atoms with Crippen molar-refractivity contribution in [3.63, 3.8) is 0 Å². The quantitative estimate of drug-likeness (QED) is 0.295. The van der Waals surface area contributed by atoms with Gasteiger partial charge in [-0.3, -0.25) is 14.9 Å². The van der Waals surface area contributed by atoms with Crippen LogP contribution in [0.3, 0.4) is 0 Å². The molecule has 1 heterocycles. The van der Waals surface area contributed by atoms with E-state index in [0.29, 0.717) is 10.6 Å². The number of thioether (sulfide) groups is 1. The molecule has 1 N–H and O–H groups in total. The lowest BCUT2D eigenvalue weighted by Gasteiger charge is -2.01. The van der Waals surface area contributed by atoms with Gasteiger partial charge >= 0.3 is 5.69 Å². The number of carbonyl (C=O) groups excluding carboxylic acids is 1. The Morgan fingerprint density at radius 3 is 2.60 bits per heavy atom. The zero-order valence-electron chi connectivity index (χ0n) is 10.1. The number of benzene rings is 1. The molecule has 2 rings (SSSR count). The second-order valence-electron chi connectivity index (χ2n) is 3.76. The molecule has 0 atom stereocenters. The molecule has 0 amide bonds. The van der Waals surface area contributed by atoms with Crippen molar-refractivity contribution in [1.82, 2.24) is 9.97 Å². The molecule has 0 aliphatic carbocycles. The Morgan fingerprint density at radius 1 is 1.30 bits per heavy atom. The summed E-state index contributed by atoms with van der Waals surface area (Å²) in [4.78, 5) is 38.8. The maximum atomic E-state index is 11.9. The average molecular weight is 291 g/mol. The van der Waals surface area contributed by atoms with Crippen LogP contribution in [0.5, 0.6) is 0 Å². The maximum Gasteiger partial charge on any atom is 0.345 e. The number of nitrogens with zero attached hydrogens (tertiary/aromatic N) is 2. The Labute approximate surface area is 117 Å². The highest BCUT2D eigenvalue weighted by atomic mass is 32.2. The van der Waals surface area contributed by atoms with E-state index in [4.69, 9.17) is 0 Å². The first-order chi connectivity index (χ1) is 9.56. The van der Waals surface area contributed by atoms with Gasteiger partial charge in [0.1, 0.15) is 0 Å². The van der Waals surface area contributed by atoms with Crippen molar-refractivity contribution in [3.8, 4) is 0 Å². The van der Waals surface area contributed by atoms with Crippen molar-refractivity contribution >= 4 is 23.2 Å². The van der Waals surface area contributed by atoms with Crippen molar-refractivity contribution < 1.29 is 9.72 Å². The molecular weight excluding hydrogens is 282 g/mol. The first kappa shape index (κ1) is 13.9. The second-order valence-corrected chi connectivity index (χ2v) is 4.77. The van der Waals surface area contributed by atoms with E-state index < -0.39 is 10.6 Å². The van der Waals surface area contributed by atoms with Gasteiger partial charge in [0.25, 0.3) is 5.69 Å². The molecule has 0 aliphatic heterocycles. The number of H-pyrrole nitrogens is 1. The summed E-state index contributed by atoms with van der Waals surface area (Å²) in [5, 5.41) is 11.0. The monoisotopic (exact) mass is 291 g/mol. The molecule has 2 aromatic rings. The van der Waals surface area contributed by atoms with Gasteiger partial charge in [-0.2, -0.15) is 0 Å². The van der Waals surface area contributed by atoms with Gasteiger partial charge in [-0.1, -0.05) is 0 Å². The molecule has 7 nitrogen and oxygen atoms in total. The third-order valence-corrected chi connectivity index (χ3v) is 3.36. The third kappa shape index (κ3) is 3.51. The first-order valence-electron chi connectivity index (χ1n) is 5.52. The summed E-state index contributed by atoms with van der Waals surface area (Å²) < 4.78 is 0. The van der Waals surface area contributed by atoms with Crippen LogP contribution in [0.1, 0.15) is 10.4 Å². The molecular formula is C12H9N3O4S. The number of nitrogens with one attached hydrogen (secondary N) is 1. The van der Waals surface area contributed by atoms with E-state index in [1.807, 2.05) is 0 Å². The highest BCUT2D eigenvalue weighted by molar-refractivity contribution is 7.99. The van der Waals surface area contributed by atoms with Crippen molar-refractivity contribution in [2.24, 2.45) is 0 Å². The minimum Gasteiger partial charge on any atom is -0.300 e. The molecule has 8 heteroatoms. The largest absolute Gasteiger partial charge is 0.345 e. The van der Waals surface area contributed by atoms with Crippen LogP contribution in [0.25, 0.3) is 0 Å². The van der Waals surface area contributed by atoms with Gasteiger partial charge in [0.15, 0.2) is 5.78 Å². The van der Waals surface area contributed by atoms with Gasteiger partial charge < -0.3 is 4.98 Å². The summed E-state index contributed by atoms with van der Waals surface area (Å²) >= 11 is 1.17. The minimum absolute atomic E-state index is 0.0623. The Balaban J connectivity index is 2.01. The van der Waals surface area contributed by atoms with Gasteiger partial charge in [0, 0.05) is 23.9 Å². The predicted molar refractivity (Wildman–Crippen MR) is 73.0 cm³/mol. The lowest BCUT2D eigenvalue weighted by Crippen LogP contribution is -2.10. The molecule has 0 radical (unpaired) electrons. The molecule has 0 saturated heterocycles. The number of aromatic amines is 1. The molecule has 0 saturated carbocycles. The highest BCUT2D eigenvalue weighted by Crippen LogP contribution is 2.17. The zero-order valence-corrected chi connectivity index (χ0v) is 10.9. The zero-order chi connectivity index (χ0) is 14.5. The number of rotatable bonds is 5. The topological polar surface area (TPSA) is 106 Å². The van der Waals surface area contributed by atoms with Crippen molar-refractivity contribution in [3.05, 3.63) is 62.7 Å². The Kier molecular flexibility index (Phi) is 4.26. The predicted octanol–water partition coefficient (Wildman–Crippen LogP) is 1.65. The molecule has 0 aliphatic rings. The minimum atomic E-state index is -0.523. The highest BCUT2D eigenvalue weighted by Gasteiger charge is 2.10. The molecule has 1 aromatic carbocycles. The number of nitro benzene ring substituents is 1. The summed E-state index contributed by atoms with van der Waals surface area (Å²) in [6.07, 6.45) is 1.36. The van der Waals surface area contributed by atoms with Gasteiger partial charge in [0.05, 0.1) is 15.7 Å². The van der Waals surface area contributed by atoms with E-state index >= 15 is 0 Å². The molecule has 20 heavy (non-hydrogen) atoms. The van der Waals surface area contributed by atoms with Crippen LogP contribution in [-0.2, 0) is 0 Å². The van der Waals surface area contributed by atoms with Crippen LogP contribution in [0.4, 0.5) is 5.69 Å². The fraction of sp³-hybridized carbons (Fsp3) is 0.0833. The third-order valence-electron chi connectivity index (χ3n) is 2.41. The maximum absolute atomic E-state index is 11.9. The van der Waals surface area contributed by atoms with E-state index in [1.54, 1.807) is 6.07 Å². The Hall–Kier alpha value is -2.48. The van der Waals surface area contributed by atoms with E-state index in [1.165, 1.54) is 42.2 Å². The first-order valence-corrected chi connectivity index (χ1v) is 6.50. The molecule has 0 fully saturated rings. The molecule has 1 aromatic heterocycles. The second kappa shape index (κ2) is 6.11. The van der Waals surface area contributed by atoms with Crippen LogP contribution < -0.4 is 5.69 Å². The number of carbonyl (C=O) groups is 1. The van der Waals surface area contributed by atoms with E-state index in [2.05, 4.69) is 9.97 Å². The summed E-state index contributed by atoms with van der Waals surface area (Å²) in [6.45, 7) is 0. The number of ketones is 1. The number of hydrogen-bond acceptors (Lipinski definition) is 6. The molecule has 0 spiro atoms.